The van der Waals surface area contributed by atoms with Crippen molar-refractivity contribution in [3.63, 3.8) is 0 Å². The van der Waals surface area contributed by atoms with E-state index < -0.39 is 11.9 Å². The smallest absolute Gasteiger partial charge is 0.144 e. The molecule has 2 rings (SSSR count). The zero-order chi connectivity index (χ0) is 15.4. The minimum absolute atomic E-state index is 0.128. The molecule has 21 heavy (non-hydrogen) atoms. The Morgan fingerprint density at radius 2 is 1.90 bits per heavy atom. The van der Waals surface area contributed by atoms with Crippen LogP contribution in [0.1, 0.15) is 24.2 Å². The predicted molar refractivity (Wildman–Crippen MR) is 79.6 cm³/mol. The quantitative estimate of drug-likeness (QED) is 0.934. The first-order valence-electron chi connectivity index (χ1n) is 6.39. The lowest BCUT2D eigenvalue weighted by Crippen LogP contribution is -2.29. The largest absolute Gasteiger partial charge is 0.483 e. The second-order valence-corrected chi connectivity index (χ2v) is 5.11. The molecular formula is C16H14ClFN2O. The van der Waals surface area contributed by atoms with Crippen LogP contribution >= 0.6 is 11.6 Å². The van der Waals surface area contributed by atoms with Crippen molar-refractivity contribution in [3.8, 4) is 11.8 Å². The average Bonchev–Trinajstić information content (AvgIpc) is 2.45. The van der Waals surface area contributed by atoms with E-state index in [1.165, 1.54) is 12.1 Å². The summed E-state index contributed by atoms with van der Waals surface area (Å²) in [6.07, 6.45) is -0.504. The van der Waals surface area contributed by atoms with Crippen LogP contribution in [0, 0.1) is 17.1 Å². The van der Waals surface area contributed by atoms with Crippen LogP contribution in [0.4, 0.5) is 4.39 Å². The molecule has 0 aliphatic rings. The van der Waals surface area contributed by atoms with E-state index in [0.29, 0.717) is 5.02 Å². The third-order valence-corrected chi connectivity index (χ3v) is 3.27. The maximum Gasteiger partial charge on any atom is 0.144 e. The lowest BCUT2D eigenvalue weighted by molar-refractivity contribution is 0.179. The second kappa shape index (κ2) is 6.57. The highest BCUT2D eigenvalue weighted by molar-refractivity contribution is 6.30. The van der Waals surface area contributed by atoms with Gasteiger partial charge in [-0.1, -0.05) is 29.8 Å². The van der Waals surface area contributed by atoms with Crippen molar-refractivity contribution in [2.75, 3.05) is 0 Å². The minimum atomic E-state index is -0.616. The summed E-state index contributed by atoms with van der Waals surface area (Å²) in [7, 11) is 0. The Bertz CT molecular complexity index is 665. The summed E-state index contributed by atoms with van der Waals surface area (Å²) in [5, 5.41) is 9.64. The van der Waals surface area contributed by atoms with Crippen LogP contribution in [0.3, 0.4) is 0 Å². The van der Waals surface area contributed by atoms with E-state index in [-0.39, 0.29) is 17.4 Å². The van der Waals surface area contributed by atoms with Crippen LogP contribution in [0.5, 0.6) is 5.75 Å². The standard InChI is InChI=1S/C16H14ClFN2O/c1-10(20)16(11-5-7-12(17)8-6-11)21-15-4-2-3-14(18)13(15)9-19/h2-8,10,16H,20H2,1H3. The number of halogens is 2. The fourth-order valence-electron chi connectivity index (χ4n) is 1.98. The summed E-state index contributed by atoms with van der Waals surface area (Å²) in [6.45, 7) is 1.78. The summed E-state index contributed by atoms with van der Waals surface area (Å²) in [5.41, 5.74) is 6.63. The van der Waals surface area contributed by atoms with Gasteiger partial charge in [0.1, 0.15) is 29.3 Å². The molecule has 0 aliphatic carbocycles. The first-order valence-corrected chi connectivity index (χ1v) is 6.77. The molecule has 5 heteroatoms. The van der Waals surface area contributed by atoms with Crippen molar-refractivity contribution < 1.29 is 9.13 Å². The van der Waals surface area contributed by atoms with E-state index >= 15 is 0 Å². The molecule has 0 saturated carbocycles. The highest BCUT2D eigenvalue weighted by Gasteiger charge is 2.20. The van der Waals surface area contributed by atoms with Crippen LogP contribution in [-0.2, 0) is 0 Å². The molecule has 3 nitrogen and oxygen atoms in total. The summed E-state index contributed by atoms with van der Waals surface area (Å²) >= 11 is 5.86. The van der Waals surface area contributed by atoms with E-state index in [2.05, 4.69) is 0 Å². The monoisotopic (exact) mass is 304 g/mol. The van der Waals surface area contributed by atoms with Crippen molar-refractivity contribution in [1.29, 1.82) is 5.26 Å². The molecule has 2 atom stereocenters. The fraction of sp³-hybridized carbons (Fsp3) is 0.188. The third-order valence-electron chi connectivity index (χ3n) is 3.02. The first kappa shape index (κ1) is 15.3. The summed E-state index contributed by atoms with van der Waals surface area (Å²) < 4.78 is 19.4. The summed E-state index contributed by atoms with van der Waals surface area (Å²) in [6, 6.07) is 12.8. The molecule has 0 radical (unpaired) electrons. The number of rotatable bonds is 4. The summed E-state index contributed by atoms with van der Waals surface area (Å²) in [4.78, 5) is 0. The van der Waals surface area contributed by atoms with Crippen LogP contribution in [-0.4, -0.2) is 6.04 Å². The van der Waals surface area contributed by atoms with Crippen molar-refractivity contribution in [1.82, 2.24) is 0 Å². The second-order valence-electron chi connectivity index (χ2n) is 4.67. The predicted octanol–water partition coefficient (Wildman–Crippen LogP) is 3.82. The average molecular weight is 305 g/mol. The number of nitrogens with zero attached hydrogens (tertiary/aromatic N) is 1. The van der Waals surface area contributed by atoms with Crippen LogP contribution in [0.2, 0.25) is 5.02 Å². The Morgan fingerprint density at radius 1 is 1.24 bits per heavy atom. The maximum absolute atomic E-state index is 13.6. The Labute approximate surface area is 127 Å². The molecule has 0 amide bonds. The van der Waals surface area contributed by atoms with E-state index in [9.17, 15) is 4.39 Å². The van der Waals surface area contributed by atoms with Gasteiger partial charge in [-0.3, -0.25) is 0 Å². The molecule has 0 fully saturated rings. The Kier molecular flexibility index (Phi) is 4.79. The first-order chi connectivity index (χ1) is 10.0. The zero-order valence-electron chi connectivity index (χ0n) is 11.4. The van der Waals surface area contributed by atoms with Crippen molar-refractivity contribution >= 4 is 11.6 Å². The Hall–Kier alpha value is -2.09. The molecule has 2 N–H and O–H groups in total. The van der Waals surface area contributed by atoms with E-state index in [0.717, 1.165) is 5.56 Å². The lowest BCUT2D eigenvalue weighted by atomic mass is 10.0. The number of ether oxygens (including phenoxy) is 1. The molecule has 0 aliphatic heterocycles. The van der Waals surface area contributed by atoms with Gasteiger partial charge in [0.2, 0.25) is 0 Å². The number of nitriles is 1. The SMILES string of the molecule is CC(N)C(Oc1cccc(F)c1C#N)c1ccc(Cl)cc1. The minimum Gasteiger partial charge on any atom is -0.483 e. The van der Waals surface area contributed by atoms with Crippen LogP contribution in [0.15, 0.2) is 42.5 Å². The van der Waals surface area contributed by atoms with Crippen molar-refractivity contribution in [2.45, 2.75) is 19.1 Å². The van der Waals surface area contributed by atoms with Gasteiger partial charge in [-0.05, 0) is 36.8 Å². The van der Waals surface area contributed by atoms with Gasteiger partial charge >= 0.3 is 0 Å². The van der Waals surface area contributed by atoms with E-state index in [1.807, 2.05) is 0 Å². The maximum atomic E-state index is 13.6. The van der Waals surface area contributed by atoms with Gasteiger partial charge < -0.3 is 10.5 Å². The van der Waals surface area contributed by atoms with Crippen LogP contribution < -0.4 is 10.5 Å². The number of nitrogens with two attached hydrogens (primary N) is 1. The molecule has 2 unspecified atom stereocenters. The van der Waals surface area contributed by atoms with E-state index in [4.69, 9.17) is 27.3 Å². The summed E-state index contributed by atoms with van der Waals surface area (Å²) in [5.74, 6) is -0.440. The molecule has 2 aromatic rings. The molecule has 0 saturated heterocycles. The molecule has 2 aromatic carbocycles. The van der Waals surface area contributed by atoms with Gasteiger partial charge in [-0.15, -0.1) is 0 Å². The normalized spacial score (nSPS) is 13.3. The van der Waals surface area contributed by atoms with Crippen molar-refractivity contribution in [2.24, 2.45) is 5.73 Å². The molecular weight excluding hydrogens is 291 g/mol. The highest BCUT2D eigenvalue weighted by atomic mass is 35.5. The van der Waals surface area contributed by atoms with Gasteiger partial charge in [0.25, 0.3) is 0 Å². The van der Waals surface area contributed by atoms with E-state index in [1.54, 1.807) is 43.3 Å². The van der Waals surface area contributed by atoms with Gasteiger partial charge in [0.05, 0.1) is 0 Å². The zero-order valence-corrected chi connectivity index (χ0v) is 12.1. The Balaban J connectivity index is 2.36. The highest BCUT2D eigenvalue weighted by Crippen LogP contribution is 2.28. The Morgan fingerprint density at radius 3 is 2.48 bits per heavy atom. The number of hydrogen-bond donors (Lipinski definition) is 1. The number of benzene rings is 2. The number of hydrogen-bond acceptors (Lipinski definition) is 3. The molecule has 0 heterocycles. The van der Waals surface area contributed by atoms with Crippen LogP contribution in [0.25, 0.3) is 0 Å². The molecule has 0 aromatic heterocycles. The topological polar surface area (TPSA) is 59.0 Å². The third kappa shape index (κ3) is 3.52. The molecule has 108 valence electrons. The van der Waals surface area contributed by atoms with Gasteiger partial charge in [0.15, 0.2) is 0 Å². The fourth-order valence-corrected chi connectivity index (χ4v) is 2.11. The molecule has 0 bridgehead atoms. The van der Waals surface area contributed by atoms with Gasteiger partial charge in [-0.25, -0.2) is 4.39 Å². The van der Waals surface area contributed by atoms with Gasteiger partial charge in [0, 0.05) is 11.1 Å². The van der Waals surface area contributed by atoms with Crippen molar-refractivity contribution in [3.05, 3.63) is 64.4 Å². The van der Waals surface area contributed by atoms with Gasteiger partial charge in [-0.2, -0.15) is 5.26 Å². The lowest BCUT2D eigenvalue weighted by Gasteiger charge is -2.23. The molecule has 0 spiro atoms.